The summed E-state index contributed by atoms with van der Waals surface area (Å²) in [5.74, 6) is -0.745. The summed E-state index contributed by atoms with van der Waals surface area (Å²) < 4.78 is 0. The highest BCUT2D eigenvalue weighted by atomic mass is 35.5. The molecule has 0 fully saturated rings. The SMILES string of the molecule is CCC(=O)O.OCc1ccc(Cl)cc1. The van der Waals surface area contributed by atoms with Gasteiger partial charge in [-0.2, -0.15) is 0 Å². The Bertz CT molecular complexity index is 269. The van der Waals surface area contributed by atoms with Gasteiger partial charge in [0.15, 0.2) is 0 Å². The first-order chi connectivity index (χ1) is 6.60. The number of aliphatic hydroxyl groups excluding tert-OH is 1. The molecule has 0 aromatic heterocycles. The molecule has 0 amide bonds. The lowest BCUT2D eigenvalue weighted by atomic mass is 10.2. The van der Waals surface area contributed by atoms with Crippen molar-refractivity contribution in [1.82, 2.24) is 0 Å². The first kappa shape index (κ1) is 12.9. The zero-order valence-corrected chi connectivity index (χ0v) is 8.66. The van der Waals surface area contributed by atoms with E-state index < -0.39 is 5.97 Å². The van der Waals surface area contributed by atoms with E-state index in [0.29, 0.717) is 5.02 Å². The van der Waals surface area contributed by atoms with Crippen LogP contribution in [0.2, 0.25) is 5.02 Å². The molecule has 0 spiro atoms. The number of hydrogen-bond donors (Lipinski definition) is 2. The Kier molecular flexibility index (Phi) is 6.80. The molecule has 0 saturated carbocycles. The number of hydrogen-bond acceptors (Lipinski definition) is 2. The van der Waals surface area contributed by atoms with Gasteiger partial charge in [-0.05, 0) is 17.7 Å². The van der Waals surface area contributed by atoms with Crippen molar-refractivity contribution in [3.8, 4) is 0 Å². The van der Waals surface area contributed by atoms with Crippen molar-refractivity contribution in [2.45, 2.75) is 20.0 Å². The van der Waals surface area contributed by atoms with Crippen molar-refractivity contribution in [2.75, 3.05) is 0 Å². The van der Waals surface area contributed by atoms with Crippen LogP contribution in [0.25, 0.3) is 0 Å². The first-order valence-corrected chi connectivity index (χ1v) is 4.55. The molecule has 0 atom stereocenters. The maximum atomic E-state index is 9.37. The van der Waals surface area contributed by atoms with Crippen LogP contribution in [0.4, 0.5) is 0 Å². The van der Waals surface area contributed by atoms with E-state index in [1.807, 2.05) is 0 Å². The van der Waals surface area contributed by atoms with Crippen molar-refractivity contribution in [3.63, 3.8) is 0 Å². The number of benzene rings is 1. The lowest BCUT2D eigenvalue weighted by Gasteiger charge is -1.92. The van der Waals surface area contributed by atoms with Gasteiger partial charge in [0, 0.05) is 11.4 Å². The number of carboxylic acid groups (broad SMARTS) is 1. The van der Waals surface area contributed by atoms with Crippen LogP contribution in [0.1, 0.15) is 18.9 Å². The van der Waals surface area contributed by atoms with Gasteiger partial charge in [-0.15, -0.1) is 0 Å². The smallest absolute Gasteiger partial charge is 0.303 e. The average Bonchev–Trinajstić information content (AvgIpc) is 2.20. The summed E-state index contributed by atoms with van der Waals surface area (Å²) in [6, 6.07) is 7.10. The van der Waals surface area contributed by atoms with Gasteiger partial charge in [-0.3, -0.25) is 4.79 Å². The van der Waals surface area contributed by atoms with Crippen LogP contribution >= 0.6 is 11.6 Å². The van der Waals surface area contributed by atoms with Gasteiger partial charge in [-0.1, -0.05) is 30.7 Å². The minimum absolute atomic E-state index is 0.0805. The second-order valence-electron chi connectivity index (χ2n) is 2.53. The fraction of sp³-hybridized carbons (Fsp3) is 0.300. The highest BCUT2D eigenvalue weighted by Gasteiger charge is 1.87. The van der Waals surface area contributed by atoms with Crippen LogP contribution in [0.5, 0.6) is 0 Å². The number of rotatable bonds is 2. The molecule has 0 aliphatic carbocycles. The molecule has 2 N–H and O–H groups in total. The summed E-state index contributed by atoms with van der Waals surface area (Å²) in [4.78, 5) is 9.37. The van der Waals surface area contributed by atoms with Gasteiger partial charge < -0.3 is 10.2 Å². The molecule has 0 saturated heterocycles. The normalized spacial score (nSPS) is 8.79. The van der Waals surface area contributed by atoms with Gasteiger partial charge in [0.2, 0.25) is 0 Å². The summed E-state index contributed by atoms with van der Waals surface area (Å²) in [6.45, 7) is 1.68. The second-order valence-corrected chi connectivity index (χ2v) is 2.97. The summed E-state index contributed by atoms with van der Waals surface area (Å²) in [5.41, 5.74) is 0.888. The second kappa shape index (κ2) is 7.35. The van der Waals surface area contributed by atoms with E-state index in [2.05, 4.69) is 0 Å². The number of aliphatic hydroxyl groups is 1. The third kappa shape index (κ3) is 6.46. The molecule has 14 heavy (non-hydrogen) atoms. The van der Waals surface area contributed by atoms with E-state index in [9.17, 15) is 4.79 Å². The molecule has 4 heteroatoms. The van der Waals surface area contributed by atoms with E-state index >= 15 is 0 Å². The van der Waals surface area contributed by atoms with Gasteiger partial charge >= 0.3 is 5.97 Å². The topological polar surface area (TPSA) is 57.5 Å². The molecular formula is C10H13ClO3. The molecular weight excluding hydrogens is 204 g/mol. The fourth-order valence-electron chi connectivity index (χ4n) is 0.590. The standard InChI is InChI=1S/C7H7ClO.C3H6O2/c8-7-3-1-6(5-9)2-4-7;1-2-3(4)5/h1-4,9H,5H2;2H2,1H3,(H,4,5). The fourth-order valence-corrected chi connectivity index (χ4v) is 0.716. The highest BCUT2D eigenvalue weighted by Crippen LogP contribution is 2.08. The number of halogens is 1. The molecule has 3 nitrogen and oxygen atoms in total. The molecule has 0 aliphatic rings. The maximum absolute atomic E-state index is 9.37. The monoisotopic (exact) mass is 216 g/mol. The Morgan fingerprint density at radius 2 is 1.79 bits per heavy atom. The van der Waals surface area contributed by atoms with Crippen molar-refractivity contribution >= 4 is 17.6 Å². The highest BCUT2D eigenvalue weighted by molar-refractivity contribution is 6.30. The molecule has 1 aromatic carbocycles. The van der Waals surface area contributed by atoms with Crippen molar-refractivity contribution in [2.24, 2.45) is 0 Å². The van der Waals surface area contributed by atoms with Crippen LogP contribution in [-0.2, 0) is 11.4 Å². The zero-order chi connectivity index (χ0) is 11.0. The maximum Gasteiger partial charge on any atom is 0.303 e. The minimum atomic E-state index is -0.745. The van der Waals surface area contributed by atoms with Gasteiger partial charge in [0.05, 0.1) is 6.61 Å². The van der Waals surface area contributed by atoms with Crippen LogP contribution < -0.4 is 0 Å². The van der Waals surface area contributed by atoms with Crippen LogP contribution in [0.15, 0.2) is 24.3 Å². The molecule has 0 unspecified atom stereocenters. The molecule has 0 aliphatic heterocycles. The first-order valence-electron chi connectivity index (χ1n) is 4.17. The molecule has 0 bridgehead atoms. The molecule has 0 heterocycles. The molecule has 1 aromatic rings. The Labute approximate surface area is 88.0 Å². The summed E-state index contributed by atoms with van der Waals surface area (Å²) in [6.07, 6.45) is 0.222. The molecule has 0 radical (unpaired) electrons. The van der Waals surface area contributed by atoms with E-state index in [1.54, 1.807) is 31.2 Å². The van der Waals surface area contributed by atoms with Gasteiger partial charge in [0.1, 0.15) is 0 Å². The van der Waals surface area contributed by atoms with E-state index in [0.717, 1.165) is 5.56 Å². The van der Waals surface area contributed by atoms with Crippen LogP contribution in [0.3, 0.4) is 0 Å². The Hall–Kier alpha value is -1.06. The summed E-state index contributed by atoms with van der Waals surface area (Å²) in [7, 11) is 0. The van der Waals surface area contributed by atoms with E-state index in [1.165, 1.54) is 0 Å². The number of aliphatic carboxylic acids is 1. The zero-order valence-electron chi connectivity index (χ0n) is 7.90. The summed E-state index contributed by atoms with van der Waals surface area (Å²) in [5, 5.41) is 17.0. The van der Waals surface area contributed by atoms with Crippen LogP contribution in [0, 0.1) is 0 Å². The predicted molar refractivity (Wildman–Crippen MR) is 55.3 cm³/mol. The van der Waals surface area contributed by atoms with E-state index in [4.69, 9.17) is 21.8 Å². The van der Waals surface area contributed by atoms with Crippen LogP contribution in [-0.4, -0.2) is 16.2 Å². The third-order valence-electron chi connectivity index (χ3n) is 1.40. The lowest BCUT2D eigenvalue weighted by Crippen LogP contribution is -1.86. The van der Waals surface area contributed by atoms with Gasteiger partial charge in [-0.25, -0.2) is 0 Å². The van der Waals surface area contributed by atoms with E-state index in [-0.39, 0.29) is 13.0 Å². The molecule has 1 rings (SSSR count). The lowest BCUT2D eigenvalue weighted by molar-refractivity contribution is -0.136. The van der Waals surface area contributed by atoms with Crippen molar-refractivity contribution < 1.29 is 15.0 Å². The average molecular weight is 217 g/mol. The summed E-state index contributed by atoms with van der Waals surface area (Å²) >= 11 is 5.59. The number of carbonyl (C=O) groups is 1. The Morgan fingerprint density at radius 3 is 2.07 bits per heavy atom. The van der Waals surface area contributed by atoms with Gasteiger partial charge in [0.25, 0.3) is 0 Å². The van der Waals surface area contributed by atoms with Crippen molar-refractivity contribution in [3.05, 3.63) is 34.9 Å². The minimum Gasteiger partial charge on any atom is -0.481 e. The predicted octanol–water partition coefficient (Wildman–Crippen LogP) is 2.31. The number of carboxylic acids is 1. The third-order valence-corrected chi connectivity index (χ3v) is 1.65. The quantitative estimate of drug-likeness (QED) is 0.798. The van der Waals surface area contributed by atoms with Crippen molar-refractivity contribution in [1.29, 1.82) is 0 Å². The Balaban J connectivity index is 0.000000292. The molecule has 78 valence electrons. The Morgan fingerprint density at radius 1 is 1.36 bits per heavy atom. The largest absolute Gasteiger partial charge is 0.481 e.